The SMILES string of the molecule is Nc1nonc1C(=O)Nc1ccc(Cl)cn1. The summed E-state index contributed by atoms with van der Waals surface area (Å²) in [7, 11) is 0. The van der Waals surface area contributed by atoms with Crippen LogP contribution < -0.4 is 11.1 Å². The summed E-state index contributed by atoms with van der Waals surface area (Å²) in [4.78, 5) is 15.4. The van der Waals surface area contributed by atoms with E-state index < -0.39 is 5.91 Å². The maximum absolute atomic E-state index is 11.6. The van der Waals surface area contributed by atoms with Gasteiger partial charge in [-0.1, -0.05) is 11.6 Å². The number of carbonyl (C=O) groups is 1. The van der Waals surface area contributed by atoms with Crippen molar-refractivity contribution in [3.8, 4) is 0 Å². The average Bonchev–Trinajstić information content (AvgIpc) is 2.68. The monoisotopic (exact) mass is 239 g/mol. The molecule has 7 nitrogen and oxygen atoms in total. The quantitative estimate of drug-likeness (QED) is 0.808. The Hall–Kier alpha value is -2.15. The van der Waals surface area contributed by atoms with Crippen LogP contribution in [0.1, 0.15) is 10.5 Å². The van der Waals surface area contributed by atoms with E-state index in [2.05, 4.69) is 25.2 Å². The molecule has 0 saturated carbocycles. The van der Waals surface area contributed by atoms with Crippen LogP contribution in [-0.4, -0.2) is 21.2 Å². The van der Waals surface area contributed by atoms with E-state index in [1.165, 1.54) is 6.20 Å². The van der Waals surface area contributed by atoms with Gasteiger partial charge in [0.1, 0.15) is 5.82 Å². The third-order valence-corrected chi connectivity index (χ3v) is 1.92. The van der Waals surface area contributed by atoms with Crippen molar-refractivity contribution in [2.24, 2.45) is 0 Å². The molecule has 0 saturated heterocycles. The molecule has 1 amide bonds. The number of carbonyl (C=O) groups excluding carboxylic acids is 1. The molecule has 0 aliphatic carbocycles. The van der Waals surface area contributed by atoms with Crippen LogP contribution in [-0.2, 0) is 0 Å². The summed E-state index contributed by atoms with van der Waals surface area (Å²) in [6, 6.07) is 3.14. The van der Waals surface area contributed by atoms with E-state index in [0.29, 0.717) is 10.8 Å². The van der Waals surface area contributed by atoms with Gasteiger partial charge in [0.15, 0.2) is 0 Å². The lowest BCUT2D eigenvalue weighted by atomic mass is 10.4. The molecule has 82 valence electrons. The molecule has 2 heterocycles. The van der Waals surface area contributed by atoms with Crippen molar-refractivity contribution in [2.45, 2.75) is 0 Å². The Kier molecular flexibility index (Phi) is 2.69. The fourth-order valence-corrected chi connectivity index (χ4v) is 1.09. The number of halogens is 1. The highest BCUT2D eigenvalue weighted by molar-refractivity contribution is 6.30. The lowest BCUT2D eigenvalue weighted by Gasteiger charge is -2.01. The summed E-state index contributed by atoms with van der Waals surface area (Å²) in [6.45, 7) is 0. The van der Waals surface area contributed by atoms with Gasteiger partial charge in [0.25, 0.3) is 5.91 Å². The summed E-state index contributed by atoms with van der Waals surface area (Å²) in [5.41, 5.74) is 5.26. The van der Waals surface area contributed by atoms with Crippen molar-refractivity contribution in [3.05, 3.63) is 29.0 Å². The number of pyridine rings is 1. The van der Waals surface area contributed by atoms with Crippen LogP contribution in [0.5, 0.6) is 0 Å². The molecular weight excluding hydrogens is 234 g/mol. The van der Waals surface area contributed by atoms with E-state index in [1.54, 1.807) is 12.1 Å². The maximum Gasteiger partial charge on any atom is 0.282 e. The average molecular weight is 240 g/mol. The van der Waals surface area contributed by atoms with Crippen molar-refractivity contribution >= 4 is 29.1 Å². The predicted octanol–water partition coefficient (Wildman–Crippen LogP) is 0.952. The normalized spacial score (nSPS) is 10.1. The van der Waals surface area contributed by atoms with E-state index in [0.717, 1.165) is 0 Å². The van der Waals surface area contributed by atoms with Crippen LogP contribution in [0.15, 0.2) is 23.0 Å². The lowest BCUT2D eigenvalue weighted by molar-refractivity contribution is 0.101. The first kappa shape index (κ1) is 10.4. The zero-order valence-corrected chi connectivity index (χ0v) is 8.60. The van der Waals surface area contributed by atoms with Gasteiger partial charge in [-0.05, 0) is 22.4 Å². The number of nitrogens with two attached hydrogens (primary N) is 1. The molecule has 16 heavy (non-hydrogen) atoms. The molecule has 2 rings (SSSR count). The molecule has 0 radical (unpaired) electrons. The van der Waals surface area contributed by atoms with Crippen LogP contribution >= 0.6 is 11.6 Å². The van der Waals surface area contributed by atoms with Gasteiger partial charge >= 0.3 is 0 Å². The largest absolute Gasteiger partial charge is 0.379 e. The second-order valence-electron chi connectivity index (χ2n) is 2.81. The topological polar surface area (TPSA) is 107 Å². The molecule has 8 heteroatoms. The Bertz CT molecular complexity index is 509. The van der Waals surface area contributed by atoms with Gasteiger partial charge in [-0.3, -0.25) is 4.79 Å². The highest BCUT2D eigenvalue weighted by Gasteiger charge is 2.16. The summed E-state index contributed by atoms with van der Waals surface area (Å²) in [5, 5.41) is 9.57. The Morgan fingerprint density at radius 2 is 2.25 bits per heavy atom. The Labute approximate surface area is 94.6 Å². The molecule has 0 spiro atoms. The minimum atomic E-state index is -0.548. The van der Waals surface area contributed by atoms with Crippen LogP contribution in [0.25, 0.3) is 0 Å². The lowest BCUT2D eigenvalue weighted by Crippen LogP contribution is -2.14. The fourth-order valence-electron chi connectivity index (χ4n) is 0.978. The first-order chi connectivity index (χ1) is 7.66. The number of anilines is 2. The van der Waals surface area contributed by atoms with E-state index in [4.69, 9.17) is 17.3 Å². The smallest absolute Gasteiger partial charge is 0.282 e. The van der Waals surface area contributed by atoms with Gasteiger partial charge in [0, 0.05) is 6.20 Å². The number of amides is 1. The second-order valence-corrected chi connectivity index (χ2v) is 3.25. The molecule has 2 aromatic heterocycles. The highest BCUT2D eigenvalue weighted by Crippen LogP contribution is 2.11. The van der Waals surface area contributed by atoms with Crippen LogP contribution in [0.2, 0.25) is 5.02 Å². The Balaban J connectivity index is 2.14. The highest BCUT2D eigenvalue weighted by atomic mass is 35.5. The molecule has 0 aromatic carbocycles. The number of rotatable bonds is 2. The summed E-state index contributed by atoms with van der Waals surface area (Å²) >= 11 is 5.64. The number of nitrogens with one attached hydrogen (secondary N) is 1. The number of nitrogen functional groups attached to an aromatic ring is 1. The van der Waals surface area contributed by atoms with Crippen molar-refractivity contribution in [1.82, 2.24) is 15.3 Å². The predicted molar refractivity (Wildman–Crippen MR) is 55.9 cm³/mol. The van der Waals surface area contributed by atoms with Crippen molar-refractivity contribution in [2.75, 3.05) is 11.1 Å². The van der Waals surface area contributed by atoms with Crippen LogP contribution in [0, 0.1) is 0 Å². The Morgan fingerprint density at radius 1 is 1.44 bits per heavy atom. The standard InChI is InChI=1S/C8H6ClN5O2/c9-4-1-2-5(11-3-4)12-8(15)6-7(10)14-16-13-6/h1-3H,(H2,10,14)(H,11,12,15). The molecule has 2 aromatic rings. The number of nitrogens with zero attached hydrogens (tertiary/aromatic N) is 3. The number of hydrogen-bond donors (Lipinski definition) is 2. The van der Waals surface area contributed by atoms with Gasteiger partial charge in [-0.2, -0.15) is 0 Å². The summed E-state index contributed by atoms with van der Waals surface area (Å²) < 4.78 is 4.30. The van der Waals surface area contributed by atoms with Gasteiger partial charge < -0.3 is 11.1 Å². The van der Waals surface area contributed by atoms with E-state index in [9.17, 15) is 4.79 Å². The fraction of sp³-hybridized carbons (Fsp3) is 0. The molecule has 3 N–H and O–H groups in total. The van der Waals surface area contributed by atoms with E-state index in [1.807, 2.05) is 0 Å². The molecule has 0 atom stereocenters. The number of aromatic nitrogens is 3. The van der Waals surface area contributed by atoms with Crippen LogP contribution in [0.3, 0.4) is 0 Å². The molecule has 0 unspecified atom stereocenters. The maximum atomic E-state index is 11.6. The van der Waals surface area contributed by atoms with Crippen LogP contribution in [0.4, 0.5) is 11.6 Å². The summed E-state index contributed by atoms with van der Waals surface area (Å²) in [5.74, 6) is -0.295. The zero-order chi connectivity index (χ0) is 11.5. The number of hydrogen-bond acceptors (Lipinski definition) is 6. The molecule has 0 aliphatic rings. The minimum Gasteiger partial charge on any atom is -0.379 e. The van der Waals surface area contributed by atoms with Gasteiger partial charge in [0.2, 0.25) is 11.5 Å². The Morgan fingerprint density at radius 3 is 2.81 bits per heavy atom. The molecule has 0 aliphatic heterocycles. The minimum absolute atomic E-state index is 0.0773. The van der Waals surface area contributed by atoms with Crippen molar-refractivity contribution < 1.29 is 9.42 Å². The third kappa shape index (κ3) is 2.09. The van der Waals surface area contributed by atoms with Gasteiger partial charge in [-0.15, -0.1) is 0 Å². The molecular formula is C8H6ClN5O2. The first-order valence-corrected chi connectivity index (χ1v) is 4.55. The first-order valence-electron chi connectivity index (χ1n) is 4.18. The van der Waals surface area contributed by atoms with Gasteiger partial charge in [-0.25, -0.2) is 9.61 Å². The van der Waals surface area contributed by atoms with Crippen molar-refractivity contribution in [1.29, 1.82) is 0 Å². The summed E-state index contributed by atoms with van der Waals surface area (Å²) in [6.07, 6.45) is 1.40. The van der Waals surface area contributed by atoms with Gasteiger partial charge in [0.05, 0.1) is 5.02 Å². The second kappa shape index (κ2) is 4.15. The zero-order valence-electron chi connectivity index (χ0n) is 7.85. The van der Waals surface area contributed by atoms with E-state index >= 15 is 0 Å². The molecule has 0 bridgehead atoms. The van der Waals surface area contributed by atoms with Crippen molar-refractivity contribution in [3.63, 3.8) is 0 Å². The molecule has 0 fully saturated rings. The third-order valence-electron chi connectivity index (χ3n) is 1.70. The van der Waals surface area contributed by atoms with E-state index in [-0.39, 0.29) is 11.5 Å².